The van der Waals surface area contributed by atoms with Crippen molar-refractivity contribution in [1.82, 2.24) is 10.9 Å². The Kier molecular flexibility index (Phi) is 8.34. The summed E-state index contributed by atoms with van der Waals surface area (Å²) in [5, 5.41) is 2.92. The molecule has 3 N–H and O–H groups in total. The Labute approximate surface area is 211 Å². The Bertz CT molecular complexity index is 1170. The molecule has 7 nitrogen and oxygen atoms in total. The number of hydrazine groups is 1. The molecule has 3 amide bonds. The van der Waals surface area contributed by atoms with Gasteiger partial charge >= 0.3 is 0 Å². The Morgan fingerprint density at radius 3 is 2.08 bits per heavy atom. The van der Waals surface area contributed by atoms with E-state index in [0.29, 0.717) is 17.0 Å². The van der Waals surface area contributed by atoms with Crippen LogP contribution in [0.2, 0.25) is 0 Å². The van der Waals surface area contributed by atoms with Gasteiger partial charge in [-0.05, 0) is 67.3 Å². The summed E-state index contributed by atoms with van der Waals surface area (Å²) >= 11 is 0. The molecule has 1 atom stereocenters. The lowest BCUT2D eigenvalue weighted by molar-refractivity contribution is -0.128. The van der Waals surface area contributed by atoms with Gasteiger partial charge in [0.25, 0.3) is 11.8 Å². The number of ether oxygens (including phenoxy) is 1. The summed E-state index contributed by atoms with van der Waals surface area (Å²) in [6, 6.07) is 24.0. The molecule has 7 heteroatoms. The monoisotopic (exact) mass is 485 g/mol. The SMILES string of the molecule is CC(Oc1ccc(-c2ccccc2)cc1)C(=O)NNC(=O)c1ccc(NC(=O)C2CCCCC2)cc1. The fourth-order valence-electron chi connectivity index (χ4n) is 4.22. The molecule has 0 bridgehead atoms. The second-order valence-corrected chi connectivity index (χ2v) is 9.00. The summed E-state index contributed by atoms with van der Waals surface area (Å²) in [5.41, 5.74) is 7.94. The van der Waals surface area contributed by atoms with Crippen LogP contribution >= 0.6 is 0 Å². The normalized spacial score (nSPS) is 14.4. The first-order valence-corrected chi connectivity index (χ1v) is 12.3. The fourth-order valence-corrected chi connectivity index (χ4v) is 4.22. The molecule has 3 aromatic carbocycles. The molecule has 0 heterocycles. The van der Waals surface area contributed by atoms with E-state index >= 15 is 0 Å². The van der Waals surface area contributed by atoms with Crippen LogP contribution in [0.3, 0.4) is 0 Å². The molecule has 36 heavy (non-hydrogen) atoms. The van der Waals surface area contributed by atoms with Crippen LogP contribution in [0.1, 0.15) is 49.4 Å². The second kappa shape index (κ2) is 12.0. The van der Waals surface area contributed by atoms with E-state index in [0.717, 1.165) is 36.8 Å². The first kappa shape index (κ1) is 25.0. The van der Waals surface area contributed by atoms with E-state index in [4.69, 9.17) is 4.74 Å². The van der Waals surface area contributed by atoms with Gasteiger partial charge < -0.3 is 10.1 Å². The zero-order valence-corrected chi connectivity index (χ0v) is 20.3. The summed E-state index contributed by atoms with van der Waals surface area (Å²) in [4.78, 5) is 37.2. The van der Waals surface area contributed by atoms with Crippen molar-refractivity contribution >= 4 is 23.4 Å². The lowest BCUT2D eigenvalue weighted by atomic mass is 9.88. The highest BCUT2D eigenvalue weighted by Gasteiger charge is 2.21. The third-order valence-corrected chi connectivity index (χ3v) is 6.33. The van der Waals surface area contributed by atoms with E-state index in [1.54, 1.807) is 43.3 Å². The highest BCUT2D eigenvalue weighted by molar-refractivity contribution is 5.97. The summed E-state index contributed by atoms with van der Waals surface area (Å²) in [6.07, 6.45) is 4.41. The molecule has 0 aromatic heterocycles. The molecule has 0 spiro atoms. The van der Waals surface area contributed by atoms with Crippen molar-refractivity contribution in [3.05, 3.63) is 84.4 Å². The summed E-state index contributed by atoms with van der Waals surface area (Å²) in [5.74, 6) is -0.305. The molecule has 0 aliphatic heterocycles. The third kappa shape index (κ3) is 6.72. The molecule has 1 fully saturated rings. The van der Waals surface area contributed by atoms with Crippen LogP contribution < -0.4 is 20.9 Å². The fraction of sp³-hybridized carbons (Fsp3) is 0.276. The minimum atomic E-state index is -0.815. The number of carbonyl (C=O) groups is 3. The van der Waals surface area contributed by atoms with Crippen molar-refractivity contribution < 1.29 is 19.1 Å². The maximum absolute atomic E-state index is 12.4. The van der Waals surface area contributed by atoms with Crippen LogP contribution in [0, 0.1) is 5.92 Å². The molecular weight excluding hydrogens is 454 g/mol. The largest absolute Gasteiger partial charge is 0.481 e. The van der Waals surface area contributed by atoms with Gasteiger partial charge in [-0.15, -0.1) is 0 Å². The van der Waals surface area contributed by atoms with Gasteiger partial charge in [-0.2, -0.15) is 0 Å². The van der Waals surface area contributed by atoms with E-state index in [9.17, 15) is 14.4 Å². The number of anilines is 1. The predicted octanol–water partition coefficient (Wildman–Crippen LogP) is 5.10. The molecule has 1 saturated carbocycles. The van der Waals surface area contributed by atoms with Gasteiger partial charge in [0, 0.05) is 17.2 Å². The van der Waals surface area contributed by atoms with Crippen LogP contribution in [0.25, 0.3) is 11.1 Å². The second-order valence-electron chi connectivity index (χ2n) is 9.00. The number of amides is 3. The Hall–Kier alpha value is -4.13. The molecule has 0 radical (unpaired) electrons. The first-order chi connectivity index (χ1) is 17.5. The number of hydrogen-bond acceptors (Lipinski definition) is 4. The van der Waals surface area contributed by atoms with Crippen LogP contribution in [0.5, 0.6) is 5.75 Å². The first-order valence-electron chi connectivity index (χ1n) is 12.3. The van der Waals surface area contributed by atoms with Crippen LogP contribution in [-0.4, -0.2) is 23.8 Å². The third-order valence-electron chi connectivity index (χ3n) is 6.33. The van der Waals surface area contributed by atoms with Gasteiger partial charge in [0.1, 0.15) is 5.75 Å². The number of carbonyl (C=O) groups excluding carboxylic acids is 3. The van der Waals surface area contributed by atoms with E-state index < -0.39 is 17.9 Å². The Balaban J connectivity index is 1.23. The number of benzene rings is 3. The van der Waals surface area contributed by atoms with Crippen molar-refractivity contribution in [3.63, 3.8) is 0 Å². The topological polar surface area (TPSA) is 96.5 Å². The van der Waals surface area contributed by atoms with Gasteiger partial charge in [0.05, 0.1) is 0 Å². The lowest BCUT2D eigenvalue weighted by Gasteiger charge is -2.20. The molecule has 1 unspecified atom stereocenters. The average Bonchev–Trinajstić information content (AvgIpc) is 2.93. The molecule has 186 valence electrons. The molecule has 1 aliphatic carbocycles. The predicted molar refractivity (Wildman–Crippen MR) is 139 cm³/mol. The van der Waals surface area contributed by atoms with E-state index in [1.165, 1.54) is 6.42 Å². The minimum absolute atomic E-state index is 0.0304. The molecule has 0 saturated heterocycles. The standard InChI is InChI=1S/C29H31N3O4/c1-20(36-26-18-14-22(15-19-26)21-8-4-2-5-9-21)27(33)31-32-29(35)24-12-16-25(17-13-24)30-28(34)23-10-6-3-7-11-23/h2,4-5,8-9,12-20,23H,3,6-7,10-11H2,1H3,(H,30,34)(H,31,33)(H,32,35). The highest BCUT2D eigenvalue weighted by Crippen LogP contribution is 2.25. The smallest absolute Gasteiger partial charge is 0.279 e. The molecule has 3 aromatic rings. The van der Waals surface area contributed by atoms with E-state index in [2.05, 4.69) is 16.2 Å². The maximum Gasteiger partial charge on any atom is 0.279 e. The number of rotatable bonds is 7. The van der Waals surface area contributed by atoms with Crippen molar-refractivity contribution in [2.45, 2.75) is 45.1 Å². The van der Waals surface area contributed by atoms with E-state index in [1.807, 2.05) is 42.5 Å². The van der Waals surface area contributed by atoms with Crippen LogP contribution in [-0.2, 0) is 9.59 Å². The molecule has 1 aliphatic rings. The summed E-state index contributed by atoms with van der Waals surface area (Å²) in [6.45, 7) is 1.61. The zero-order chi connectivity index (χ0) is 25.3. The average molecular weight is 486 g/mol. The number of nitrogens with one attached hydrogen (secondary N) is 3. The number of hydrogen-bond donors (Lipinski definition) is 3. The van der Waals surface area contributed by atoms with Crippen molar-refractivity contribution in [2.75, 3.05) is 5.32 Å². The summed E-state index contributed by atoms with van der Waals surface area (Å²) < 4.78 is 5.70. The van der Waals surface area contributed by atoms with Gasteiger partial charge in [0.15, 0.2) is 6.10 Å². The Morgan fingerprint density at radius 2 is 1.42 bits per heavy atom. The van der Waals surface area contributed by atoms with Crippen LogP contribution in [0.4, 0.5) is 5.69 Å². The van der Waals surface area contributed by atoms with Gasteiger partial charge in [-0.3, -0.25) is 25.2 Å². The quantitative estimate of drug-likeness (QED) is 0.406. The van der Waals surface area contributed by atoms with Crippen molar-refractivity contribution in [3.8, 4) is 16.9 Å². The van der Waals surface area contributed by atoms with Gasteiger partial charge in [0.2, 0.25) is 5.91 Å². The van der Waals surface area contributed by atoms with Crippen LogP contribution in [0.15, 0.2) is 78.9 Å². The zero-order valence-electron chi connectivity index (χ0n) is 20.3. The lowest BCUT2D eigenvalue weighted by Crippen LogP contribution is -2.47. The Morgan fingerprint density at radius 1 is 0.778 bits per heavy atom. The van der Waals surface area contributed by atoms with Gasteiger partial charge in [-0.1, -0.05) is 61.7 Å². The van der Waals surface area contributed by atoms with Gasteiger partial charge in [-0.25, -0.2) is 0 Å². The summed E-state index contributed by atoms with van der Waals surface area (Å²) in [7, 11) is 0. The maximum atomic E-state index is 12.4. The molecular formula is C29H31N3O4. The molecule has 4 rings (SSSR count). The minimum Gasteiger partial charge on any atom is -0.481 e. The van der Waals surface area contributed by atoms with E-state index in [-0.39, 0.29) is 11.8 Å². The van der Waals surface area contributed by atoms with Crippen molar-refractivity contribution in [2.24, 2.45) is 5.92 Å². The van der Waals surface area contributed by atoms with Crippen molar-refractivity contribution in [1.29, 1.82) is 0 Å². The highest BCUT2D eigenvalue weighted by atomic mass is 16.5.